The van der Waals surface area contributed by atoms with Crippen LogP contribution in [0.3, 0.4) is 0 Å². The van der Waals surface area contributed by atoms with Gasteiger partial charge >= 0.3 is 11.9 Å². The maximum absolute atomic E-state index is 14.4. The fraction of sp³-hybridized carbons (Fsp3) is 0.0714. The van der Waals surface area contributed by atoms with Crippen molar-refractivity contribution in [3.05, 3.63) is 43.9 Å². The third-order valence-electron chi connectivity index (χ3n) is 3.18. The molecule has 0 aliphatic heterocycles. The Morgan fingerprint density at radius 1 is 1.25 bits per heavy atom. The first-order valence-electron chi connectivity index (χ1n) is 6.24. The number of nitrogen functional groups attached to an aromatic ring is 1. The number of carboxylic acid groups (broad SMARTS) is 2. The van der Waals surface area contributed by atoms with E-state index in [1.165, 1.54) is 7.11 Å². The minimum atomic E-state index is -1.72. The zero-order valence-corrected chi connectivity index (χ0v) is 13.6. The molecule has 0 saturated heterocycles. The van der Waals surface area contributed by atoms with E-state index < -0.39 is 51.4 Å². The molecule has 5 N–H and O–H groups in total. The van der Waals surface area contributed by atoms with Gasteiger partial charge in [-0.1, -0.05) is 0 Å². The molecule has 1 aromatic heterocycles. The molecule has 0 fully saturated rings. The largest absolute Gasteiger partial charge is 0.495 e. The lowest BCUT2D eigenvalue weighted by Gasteiger charge is -2.14. The molecule has 126 valence electrons. The Morgan fingerprint density at radius 2 is 1.83 bits per heavy atom. The van der Waals surface area contributed by atoms with E-state index in [4.69, 9.17) is 10.5 Å². The number of aromatic nitrogens is 1. The van der Waals surface area contributed by atoms with Gasteiger partial charge in [-0.25, -0.2) is 14.0 Å². The van der Waals surface area contributed by atoms with Gasteiger partial charge in [0.2, 0.25) is 0 Å². The van der Waals surface area contributed by atoms with E-state index in [0.717, 1.165) is 12.1 Å². The van der Waals surface area contributed by atoms with Crippen LogP contribution in [0.5, 0.6) is 5.75 Å². The summed E-state index contributed by atoms with van der Waals surface area (Å²) in [6.45, 7) is 0. The SMILES string of the molecule is COc1cc(F)c(-c2c(C(=O)O)c(N)[nH]c(=O)c2C(=O)O)cc1Br. The average molecular weight is 401 g/mol. The van der Waals surface area contributed by atoms with Crippen molar-refractivity contribution in [1.82, 2.24) is 4.98 Å². The van der Waals surface area contributed by atoms with Crippen molar-refractivity contribution >= 4 is 33.7 Å². The van der Waals surface area contributed by atoms with Crippen molar-refractivity contribution in [2.24, 2.45) is 0 Å². The predicted molar refractivity (Wildman–Crippen MR) is 85.0 cm³/mol. The molecule has 2 aromatic rings. The number of anilines is 1. The van der Waals surface area contributed by atoms with Crippen LogP contribution in [0.25, 0.3) is 11.1 Å². The molecular formula is C14H10BrFN2O6. The summed E-state index contributed by atoms with van der Waals surface area (Å²) in [6.07, 6.45) is 0. The molecule has 0 radical (unpaired) electrons. The van der Waals surface area contributed by atoms with E-state index in [-0.39, 0.29) is 10.2 Å². The normalized spacial score (nSPS) is 10.5. The number of halogens is 2. The van der Waals surface area contributed by atoms with Gasteiger partial charge in [-0.05, 0) is 22.0 Å². The highest BCUT2D eigenvalue weighted by Crippen LogP contribution is 2.36. The number of hydrogen-bond acceptors (Lipinski definition) is 5. The highest BCUT2D eigenvalue weighted by Gasteiger charge is 2.28. The lowest BCUT2D eigenvalue weighted by atomic mass is 9.95. The topological polar surface area (TPSA) is 143 Å². The monoisotopic (exact) mass is 400 g/mol. The molecule has 0 amide bonds. The number of carboxylic acids is 2. The van der Waals surface area contributed by atoms with Gasteiger partial charge in [0.1, 0.15) is 28.5 Å². The molecule has 24 heavy (non-hydrogen) atoms. The van der Waals surface area contributed by atoms with Crippen molar-refractivity contribution in [3.63, 3.8) is 0 Å². The lowest BCUT2D eigenvalue weighted by Crippen LogP contribution is -2.24. The summed E-state index contributed by atoms with van der Waals surface area (Å²) in [6, 6.07) is 2.04. The molecule has 1 aromatic carbocycles. The summed E-state index contributed by atoms with van der Waals surface area (Å²) in [5, 5.41) is 18.6. The van der Waals surface area contributed by atoms with Gasteiger partial charge < -0.3 is 25.7 Å². The number of carbonyl (C=O) groups is 2. The number of aromatic amines is 1. The van der Waals surface area contributed by atoms with Crippen LogP contribution in [0.2, 0.25) is 0 Å². The fourth-order valence-corrected chi connectivity index (χ4v) is 2.70. The summed E-state index contributed by atoms with van der Waals surface area (Å²) in [4.78, 5) is 36.7. The number of nitrogens with one attached hydrogen (secondary N) is 1. The van der Waals surface area contributed by atoms with E-state index in [9.17, 15) is 29.0 Å². The number of H-pyrrole nitrogens is 1. The number of nitrogens with two attached hydrogens (primary N) is 1. The number of ether oxygens (including phenoxy) is 1. The molecule has 0 bridgehead atoms. The summed E-state index contributed by atoms with van der Waals surface area (Å²) >= 11 is 3.10. The summed E-state index contributed by atoms with van der Waals surface area (Å²) in [5.74, 6) is -4.81. The Hall–Kier alpha value is -2.88. The van der Waals surface area contributed by atoms with Crippen LogP contribution in [0.1, 0.15) is 20.7 Å². The van der Waals surface area contributed by atoms with Gasteiger partial charge in [-0.3, -0.25) is 4.79 Å². The van der Waals surface area contributed by atoms with Crippen LogP contribution >= 0.6 is 15.9 Å². The predicted octanol–water partition coefficient (Wildman–Crippen LogP) is 1.93. The van der Waals surface area contributed by atoms with Crippen LogP contribution in [-0.2, 0) is 0 Å². The first-order valence-corrected chi connectivity index (χ1v) is 7.04. The summed E-state index contributed by atoms with van der Waals surface area (Å²) < 4.78 is 19.6. The van der Waals surface area contributed by atoms with Gasteiger partial charge in [-0.15, -0.1) is 0 Å². The first kappa shape index (κ1) is 17.5. The minimum Gasteiger partial charge on any atom is -0.495 e. The Balaban J connectivity index is 3.02. The third-order valence-corrected chi connectivity index (χ3v) is 3.80. The van der Waals surface area contributed by atoms with Crippen molar-refractivity contribution in [3.8, 4) is 16.9 Å². The van der Waals surface area contributed by atoms with Crippen LogP contribution < -0.4 is 16.0 Å². The second-order valence-corrected chi connectivity index (χ2v) is 5.42. The van der Waals surface area contributed by atoms with Crippen LogP contribution in [-0.4, -0.2) is 34.2 Å². The molecule has 0 unspecified atom stereocenters. The highest BCUT2D eigenvalue weighted by molar-refractivity contribution is 9.10. The second-order valence-electron chi connectivity index (χ2n) is 4.57. The van der Waals surface area contributed by atoms with Gasteiger partial charge in [0.05, 0.1) is 11.6 Å². The standard InChI is InChI=1S/C14H10BrFN2O6/c1-24-7-3-6(16)4(2-5(7)15)8-9(13(20)21)11(17)18-12(19)10(8)14(22)23/h2-3H,1H3,(H,20,21)(H,22,23)(H3,17,18,19). The molecule has 0 saturated carbocycles. The molecular weight excluding hydrogens is 391 g/mol. The van der Waals surface area contributed by atoms with Crippen LogP contribution in [0, 0.1) is 5.82 Å². The zero-order valence-electron chi connectivity index (χ0n) is 12.0. The molecule has 8 nitrogen and oxygen atoms in total. The van der Waals surface area contributed by atoms with Crippen LogP contribution in [0.15, 0.2) is 21.4 Å². The molecule has 1 heterocycles. The number of benzene rings is 1. The maximum atomic E-state index is 14.4. The Morgan fingerprint density at radius 3 is 2.33 bits per heavy atom. The van der Waals surface area contributed by atoms with Gasteiger partial charge in [-0.2, -0.15) is 0 Å². The van der Waals surface area contributed by atoms with E-state index in [2.05, 4.69) is 15.9 Å². The second kappa shape index (κ2) is 6.32. The van der Waals surface area contributed by atoms with Gasteiger partial charge in [0.15, 0.2) is 0 Å². The minimum absolute atomic E-state index is 0.0998. The average Bonchev–Trinajstić information content (AvgIpc) is 2.47. The zero-order chi connectivity index (χ0) is 18.2. The van der Waals surface area contributed by atoms with E-state index in [0.29, 0.717) is 0 Å². The number of hydrogen-bond donors (Lipinski definition) is 4. The van der Waals surface area contributed by atoms with Crippen LogP contribution in [0.4, 0.5) is 10.2 Å². The molecule has 0 spiro atoms. The van der Waals surface area contributed by atoms with E-state index in [1.54, 1.807) is 0 Å². The van der Waals surface area contributed by atoms with Crippen molar-refractivity contribution in [2.75, 3.05) is 12.8 Å². The summed E-state index contributed by atoms with van der Waals surface area (Å²) in [7, 11) is 1.29. The molecule has 0 atom stereocenters. The molecule has 0 aliphatic rings. The Bertz CT molecular complexity index is 924. The Kier molecular flexibility index (Phi) is 4.60. The maximum Gasteiger partial charge on any atom is 0.342 e. The number of pyridine rings is 1. The highest BCUT2D eigenvalue weighted by atomic mass is 79.9. The summed E-state index contributed by atoms with van der Waals surface area (Å²) in [5.41, 5.74) is 1.64. The van der Waals surface area contributed by atoms with Gasteiger partial charge in [0, 0.05) is 17.2 Å². The van der Waals surface area contributed by atoms with Crippen molar-refractivity contribution in [2.45, 2.75) is 0 Å². The molecule has 0 aliphatic carbocycles. The molecule has 2 rings (SSSR count). The third kappa shape index (κ3) is 2.83. The fourth-order valence-electron chi connectivity index (χ4n) is 2.19. The lowest BCUT2D eigenvalue weighted by molar-refractivity contribution is 0.0695. The first-order chi connectivity index (χ1) is 11.2. The smallest absolute Gasteiger partial charge is 0.342 e. The number of methoxy groups -OCH3 is 1. The molecule has 10 heteroatoms. The van der Waals surface area contributed by atoms with E-state index >= 15 is 0 Å². The number of aromatic carboxylic acids is 2. The van der Waals surface area contributed by atoms with Gasteiger partial charge in [0.25, 0.3) is 5.56 Å². The van der Waals surface area contributed by atoms with E-state index in [1.807, 2.05) is 4.98 Å². The number of rotatable bonds is 4. The Labute approximate surface area is 141 Å². The van der Waals surface area contributed by atoms with Crippen molar-refractivity contribution < 1.29 is 28.9 Å². The quantitative estimate of drug-likeness (QED) is 0.613. The van der Waals surface area contributed by atoms with Crippen molar-refractivity contribution in [1.29, 1.82) is 0 Å².